The van der Waals surface area contributed by atoms with Crippen LogP contribution in [0.15, 0.2) is 36.9 Å². The average Bonchev–Trinajstić information content (AvgIpc) is 3.01. The van der Waals surface area contributed by atoms with E-state index in [4.69, 9.17) is 4.74 Å². The molecule has 3 rings (SSSR count). The Labute approximate surface area is 119 Å². The van der Waals surface area contributed by atoms with Gasteiger partial charge in [-0.2, -0.15) is 5.10 Å². The molecule has 106 valence electrons. The van der Waals surface area contributed by atoms with Crippen molar-refractivity contribution in [2.45, 2.75) is 19.4 Å². The summed E-state index contributed by atoms with van der Waals surface area (Å²) >= 11 is 0. The molecule has 1 aliphatic rings. The van der Waals surface area contributed by atoms with Gasteiger partial charge in [-0.3, -0.25) is 0 Å². The van der Waals surface area contributed by atoms with E-state index in [1.54, 1.807) is 12.7 Å². The quantitative estimate of drug-likeness (QED) is 0.906. The summed E-state index contributed by atoms with van der Waals surface area (Å²) in [6.45, 7) is 3.61. The van der Waals surface area contributed by atoms with Gasteiger partial charge in [0.1, 0.15) is 12.7 Å². The van der Waals surface area contributed by atoms with Crippen molar-refractivity contribution in [1.29, 1.82) is 0 Å². The molecule has 0 saturated carbocycles. The molecule has 1 aliphatic heterocycles. The number of hydrogen-bond donors (Lipinski definition) is 1. The van der Waals surface area contributed by atoms with E-state index in [2.05, 4.69) is 39.7 Å². The minimum atomic E-state index is 0.735. The van der Waals surface area contributed by atoms with E-state index in [-0.39, 0.29) is 0 Å². The predicted molar refractivity (Wildman–Crippen MR) is 77.6 cm³/mol. The summed E-state index contributed by atoms with van der Waals surface area (Å²) in [5.41, 5.74) is 2.41. The Morgan fingerprint density at radius 3 is 2.70 bits per heavy atom. The molecule has 0 spiro atoms. The van der Waals surface area contributed by atoms with Gasteiger partial charge in [0.05, 0.1) is 6.54 Å². The van der Waals surface area contributed by atoms with Crippen LogP contribution in [0.5, 0.6) is 0 Å². The van der Waals surface area contributed by atoms with Gasteiger partial charge in [0.15, 0.2) is 0 Å². The number of hydrogen-bond acceptors (Lipinski definition) is 4. The van der Waals surface area contributed by atoms with Crippen molar-refractivity contribution < 1.29 is 4.74 Å². The number of rotatable bonds is 5. The highest BCUT2D eigenvalue weighted by atomic mass is 16.5. The van der Waals surface area contributed by atoms with Crippen LogP contribution in [0.3, 0.4) is 0 Å². The molecule has 0 atom stereocenters. The number of ether oxygens (including phenoxy) is 1. The summed E-state index contributed by atoms with van der Waals surface area (Å²) in [4.78, 5) is 3.95. The number of anilines is 1. The van der Waals surface area contributed by atoms with Gasteiger partial charge >= 0.3 is 0 Å². The van der Waals surface area contributed by atoms with Crippen LogP contribution in [-0.4, -0.2) is 34.5 Å². The maximum absolute atomic E-state index is 5.38. The summed E-state index contributed by atoms with van der Waals surface area (Å²) < 4.78 is 7.20. The second-order valence-corrected chi connectivity index (χ2v) is 5.23. The van der Waals surface area contributed by atoms with Crippen molar-refractivity contribution in [1.82, 2.24) is 14.8 Å². The number of aromatic nitrogens is 3. The molecule has 5 heteroatoms. The lowest BCUT2D eigenvalue weighted by molar-refractivity contribution is 0.0699. The molecule has 1 N–H and O–H groups in total. The lowest BCUT2D eigenvalue weighted by Crippen LogP contribution is -2.22. The molecule has 1 saturated heterocycles. The van der Waals surface area contributed by atoms with Crippen LogP contribution in [0.4, 0.5) is 5.69 Å². The molecule has 1 aromatic heterocycles. The first-order valence-corrected chi connectivity index (χ1v) is 7.13. The molecule has 1 fully saturated rings. The zero-order valence-electron chi connectivity index (χ0n) is 11.5. The molecule has 20 heavy (non-hydrogen) atoms. The van der Waals surface area contributed by atoms with Gasteiger partial charge < -0.3 is 10.1 Å². The molecule has 0 unspecified atom stereocenters. The number of benzene rings is 1. The summed E-state index contributed by atoms with van der Waals surface area (Å²) in [6.07, 6.45) is 5.62. The summed E-state index contributed by atoms with van der Waals surface area (Å²) in [7, 11) is 0. The molecular formula is C15H20N4O. The highest BCUT2D eigenvalue weighted by Gasteiger charge is 2.13. The Morgan fingerprint density at radius 1 is 1.20 bits per heavy atom. The third-order valence-electron chi connectivity index (χ3n) is 3.70. The van der Waals surface area contributed by atoms with Gasteiger partial charge in [-0.05, 0) is 36.5 Å². The van der Waals surface area contributed by atoms with E-state index in [1.165, 1.54) is 11.3 Å². The fourth-order valence-corrected chi connectivity index (χ4v) is 2.44. The monoisotopic (exact) mass is 272 g/mol. The Balaban J connectivity index is 1.50. The summed E-state index contributed by atoms with van der Waals surface area (Å²) in [5, 5.41) is 7.62. The molecule has 5 nitrogen and oxygen atoms in total. The first kappa shape index (κ1) is 13.1. The van der Waals surface area contributed by atoms with E-state index in [0.29, 0.717) is 0 Å². The SMILES string of the molecule is c1ncn(Cc2ccc(NCC3CCOCC3)cc2)n1. The zero-order valence-corrected chi connectivity index (χ0v) is 11.5. The van der Waals surface area contributed by atoms with Crippen LogP contribution < -0.4 is 5.32 Å². The van der Waals surface area contributed by atoms with Crippen LogP contribution in [0.25, 0.3) is 0 Å². The summed E-state index contributed by atoms with van der Waals surface area (Å²) in [5.74, 6) is 0.735. The van der Waals surface area contributed by atoms with Crippen molar-refractivity contribution in [3.63, 3.8) is 0 Å². The number of nitrogens with one attached hydrogen (secondary N) is 1. The maximum Gasteiger partial charge on any atom is 0.137 e. The van der Waals surface area contributed by atoms with Crippen molar-refractivity contribution in [3.05, 3.63) is 42.5 Å². The Bertz CT molecular complexity index is 503. The van der Waals surface area contributed by atoms with Gasteiger partial charge in [0.2, 0.25) is 0 Å². The smallest absolute Gasteiger partial charge is 0.137 e. The first-order chi connectivity index (χ1) is 9.90. The second-order valence-electron chi connectivity index (χ2n) is 5.23. The fourth-order valence-electron chi connectivity index (χ4n) is 2.44. The zero-order chi connectivity index (χ0) is 13.6. The number of nitrogens with zero attached hydrogens (tertiary/aromatic N) is 3. The Kier molecular flexibility index (Phi) is 4.28. The van der Waals surface area contributed by atoms with E-state index < -0.39 is 0 Å². The lowest BCUT2D eigenvalue weighted by Gasteiger charge is -2.22. The second kappa shape index (κ2) is 6.52. The van der Waals surface area contributed by atoms with Gasteiger partial charge in [-0.15, -0.1) is 0 Å². The van der Waals surface area contributed by atoms with Crippen LogP contribution >= 0.6 is 0 Å². The average molecular weight is 272 g/mol. The predicted octanol–water partition coefficient (Wildman–Crippen LogP) is 2.16. The third kappa shape index (κ3) is 3.57. The van der Waals surface area contributed by atoms with Crippen molar-refractivity contribution >= 4 is 5.69 Å². The van der Waals surface area contributed by atoms with Gasteiger partial charge in [-0.1, -0.05) is 12.1 Å². The van der Waals surface area contributed by atoms with Crippen molar-refractivity contribution in [2.24, 2.45) is 5.92 Å². The van der Waals surface area contributed by atoms with Crippen LogP contribution in [0, 0.1) is 5.92 Å². The van der Waals surface area contributed by atoms with Gasteiger partial charge in [0, 0.05) is 25.4 Å². The molecule has 0 aliphatic carbocycles. The highest BCUT2D eigenvalue weighted by molar-refractivity contribution is 5.44. The van der Waals surface area contributed by atoms with Crippen LogP contribution in [0.2, 0.25) is 0 Å². The van der Waals surface area contributed by atoms with Gasteiger partial charge in [-0.25, -0.2) is 9.67 Å². The molecular weight excluding hydrogens is 252 g/mol. The largest absolute Gasteiger partial charge is 0.385 e. The molecule has 0 bridgehead atoms. The summed E-state index contributed by atoms with van der Waals surface area (Å²) in [6, 6.07) is 8.53. The van der Waals surface area contributed by atoms with Crippen LogP contribution in [-0.2, 0) is 11.3 Å². The Hall–Kier alpha value is -1.88. The molecule has 0 radical (unpaired) electrons. The van der Waals surface area contributed by atoms with E-state index in [0.717, 1.165) is 45.1 Å². The standard InChI is InChI=1S/C15H20N4O/c1-3-15(17-9-13-5-7-20-8-6-13)4-2-14(1)10-19-12-16-11-18-19/h1-4,11-13,17H,5-10H2. The minimum absolute atomic E-state index is 0.735. The first-order valence-electron chi connectivity index (χ1n) is 7.13. The molecule has 2 aromatic rings. The van der Waals surface area contributed by atoms with E-state index in [1.807, 2.05) is 4.68 Å². The molecule has 0 amide bonds. The molecule has 2 heterocycles. The van der Waals surface area contributed by atoms with Crippen molar-refractivity contribution in [3.8, 4) is 0 Å². The Morgan fingerprint density at radius 2 is 2.00 bits per heavy atom. The third-order valence-corrected chi connectivity index (χ3v) is 3.70. The fraction of sp³-hybridized carbons (Fsp3) is 0.467. The van der Waals surface area contributed by atoms with Crippen molar-refractivity contribution in [2.75, 3.05) is 25.1 Å². The topological polar surface area (TPSA) is 52.0 Å². The van der Waals surface area contributed by atoms with Gasteiger partial charge in [0.25, 0.3) is 0 Å². The maximum atomic E-state index is 5.38. The minimum Gasteiger partial charge on any atom is -0.385 e. The molecule has 1 aromatic carbocycles. The van der Waals surface area contributed by atoms with E-state index >= 15 is 0 Å². The highest BCUT2D eigenvalue weighted by Crippen LogP contribution is 2.16. The van der Waals surface area contributed by atoms with E-state index in [9.17, 15) is 0 Å². The lowest BCUT2D eigenvalue weighted by atomic mass is 10.0. The van der Waals surface area contributed by atoms with Crippen LogP contribution in [0.1, 0.15) is 18.4 Å². The normalized spacial score (nSPS) is 16.2.